The lowest BCUT2D eigenvalue weighted by atomic mass is 10.1. The van der Waals surface area contributed by atoms with Crippen LogP contribution in [-0.4, -0.2) is 20.2 Å². The third-order valence-corrected chi connectivity index (χ3v) is 1.83. The van der Waals surface area contributed by atoms with Crippen LogP contribution in [0.4, 0.5) is 4.39 Å². The number of esters is 1. The molecule has 0 fully saturated rings. The van der Waals surface area contributed by atoms with Crippen molar-refractivity contribution in [2.75, 3.05) is 14.2 Å². The van der Waals surface area contributed by atoms with E-state index in [9.17, 15) is 9.18 Å². The first-order valence-electron chi connectivity index (χ1n) is 4.28. The fourth-order valence-corrected chi connectivity index (χ4v) is 1.12. The number of benzene rings is 1. The van der Waals surface area contributed by atoms with Crippen LogP contribution in [0.25, 0.3) is 5.57 Å². The topological polar surface area (TPSA) is 35.5 Å². The van der Waals surface area contributed by atoms with E-state index in [0.717, 1.165) is 7.11 Å². The molecule has 0 N–H and O–H groups in total. The van der Waals surface area contributed by atoms with E-state index in [4.69, 9.17) is 0 Å². The van der Waals surface area contributed by atoms with E-state index < -0.39 is 12.0 Å². The Balaban J connectivity index is 3.20. The molecule has 0 spiro atoms. The summed E-state index contributed by atoms with van der Waals surface area (Å²) >= 11 is 0. The predicted molar refractivity (Wildman–Crippen MR) is 53.5 cm³/mol. The van der Waals surface area contributed by atoms with Gasteiger partial charge in [-0.3, -0.25) is 0 Å². The van der Waals surface area contributed by atoms with E-state index in [1.165, 1.54) is 7.11 Å². The van der Waals surface area contributed by atoms with Gasteiger partial charge < -0.3 is 9.47 Å². The first-order valence-corrected chi connectivity index (χ1v) is 4.28. The van der Waals surface area contributed by atoms with Crippen LogP contribution in [0.3, 0.4) is 0 Å². The highest BCUT2D eigenvalue weighted by Gasteiger charge is 2.19. The van der Waals surface area contributed by atoms with Crippen molar-refractivity contribution in [2.24, 2.45) is 0 Å². The van der Waals surface area contributed by atoms with E-state index in [-0.39, 0.29) is 5.57 Å². The first kappa shape index (κ1) is 11.2. The Hall–Kier alpha value is -1.84. The van der Waals surface area contributed by atoms with E-state index in [0.29, 0.717) is 5.56 Å². The summed E-state index contributed by atoms with van der Waals surface area (Å²) in [4.78, 5) is 11.3. The summed E-state index contributed by atoms with van der Waals surface area (Å²) in [5, 5.41) is 0. The Morgan fingerprint density at radius 3 is 2.20 bits per heavy atom. The highest BCUT2D eigenvalue weighted by molar-refractivity contribution is 6.16. The van der Waals surface area contributed by atoms with Crippen molar-refractivity contribution in [3.8, 4) is 0 Å². The van der Waals surface area contributed by atoms with Crippen molar-refractivity contribution in [3.63, 3.8) is 0 Å². The second-order valence-corrected chi connectivity index (χ2v) is 2.71. The summed E-state index contributed by atoms with van der Waals surface area (Å²) in [7, 11) is 2.34. The number of halogens is 1. The van der Waals surface area contributed by atoms with Gasteiger partial charge in [0.15, 0.2) is 0 Å². The predicted octanol–water partition coefficient (Wildman–Crippen LogP) is 2.14. The highest BCUT2D eigenvalue weighted by atomic mass is 19.1. The lowest BCUT2D eigenvalue weighted by molar-refractivity contribution is -0.134. The van der Waals surface area contributed by atoms with Crippen LogP contribution >= 0.6 is 0 Å². The van der Waals surface area contributed by atoms with Crippen molar-refractivity contribution < 1.29 is 18.7 Å². The second-order valence-electron chi connectivity index (χ2n) is 2.71. The molecule has 0 atom stereocenters. The minimum atomic E-state index is -0.951. The molecule has 0 radical (unpaired) electrons. The zero-order valence-corrected chi connectivity index (χ0v) is 8.49. The van der Waals surface area contributed by atoms with Crippen molar-refractivity contribution in [1.82, 2.24) is 0 Å². The molecule has 1 aromatic carbocycles. The van der Waals surface area contributed by atoms with Crippen molar-refractivity contribution in [2.45, 2.75) is 0 Å². The molecular formula is C11H11FO3. The van der Waals surface area contributed by atoms with E-state index in [2.05, 4.69) is 9.47 Å². The number of hydrogen-bond donors (Lipinski definition) is 0. The van der Waals surface area contributed by atoms with Gasteiger partial charge in [-0.15, -0.1) is 0 Å². The van der Waals surface area contributed by atoms with Crippen molar-refractivity contribution in [3.05, 3.63) is 41.9 Å². The van der Waals surface area contributed by atoms with Gasteiger partial charge in [-0.1, -0.05) is 30.3 Å². The molecule has 0 aliphatic carbocycles. The van der Waals surface area contributed by atoms with Gasteiger partial charge in [0, 0.05) is 0 Å². The number of ether oxygens (including phenoxy) is 2. The number of carbonyl (C=O) groups is 1. The van der Waals surface area contributed by atoms with Crippen LogP contribution in [-0.2, 0) is 14.3 Å². The number of methoxy groups -OCH3 is 2. The SMILES string of the molecule is COC(=O)/C(=C(/F)OC)c1ccccc1. The molecule has 3 nitrogen and oxygen atoms in total. The van der Waals surface area contributed by atoms with Crippen LogP contribution in [0, 0.1) is 0 Å². The Labute approximate surface area is 87.1 Å². The molecule has 0 saturated heterocycles. The van der Waals surface area contributed by atoms with Crippen LogP contribution < -0.4 is 0 Å². The van der Waals surface area contributed by atoms with Gasteiger partial charge in [0.25, 0.3) is 6.01 Å². The maximum absolute atomic E-state index is 13.3. The molecule has 0 aliphatic heterocycles. The minimum Gasteiger partial charge on any atom is -0.473 e. The summed E-state index contributed by atoms with van der Waals surface area (Å²) in [6, 6.07) is 7.41. The third-order valence-electron chi connectivity index (χ3n) is 1.83. The summed E-state index contributed by atoms with van der Waals surface area (Å²) in [5.74, 6) is -0.763. The number of rotatable bonds is 3. The molecule has 0 heterocycles. The van der Waals surface area contributed by atoms with Gasteiger partial charge in [0.05, 0.1) is 14.2 Å². The number of hydrogen-bond acceptors (Lipinski definition) is 3. The molecule has 4 heteroatoms. The average Bonchev–Trinajstić information content (AvgIpc) is 2.30. The largest absolute Gasteiger partial charge is 0.473 e. The maximum Gasteiger partial charge on any atom is 0.344 e. The fourth-order valence-electron chi connectivity index (χ4n) is 1.12. The molecule has 0 aromatic heterocycles. The zero-order chi connectivity index (χ0) is 11.3. The van der Waals surface area contributed by atoms with Crippen molar-refractivity contribution in [1.29, 1.82) is 0 Å². The van der Waals surface area contributed by atoms with Crippen LogP contribution in [0.15, 0.2) is 36.3 Å². The number of carbonyl (C=O) groups excluding carboxylic acids is 1. The van der Waals surface area contributed by atoms with E-state index in [1.54, 1.807) is 30.3 Å². The molecule has 0 aliphatic rings. The minimum absolute atomic E-state index is 0.208. The summed E-state index contributed by atoms with van der Waals surface area (Å²) in [5.41, 5.74) is 0.212. The van der Waals surface area contributed by atoms with Gasteiger partial charge >= 0.3 is 5.97 Å². The van der Waals surface area contributed by atoms with Gasteiger partial charge in [-0.2, -0.15) is 4.39 Å². The fraction of sp³-hybridized carbons (Fsp3) is 0.182. The Morgan fingerprint density at radius 1 is 1.13 bits per heavy atom. The molecule has 1 rings (SSSR count). The van der Waals surface area contributed by atoms with Gasteiger partial charge in [-0.05, 0) is 5.56 Å². The Bertz CT molecular complexity index is 371. The summed E-state index contributed by atoms with van der Waals surface area (Å²) in [6.45, 7) is 0. The van der Waals surface area contributed by atoms with Gasteiger partial charge in [0.2, 0.25) is 0 Å². The quantitative estimate of drug-likeness (QED) is 0.435. The van der Waals surface area contributed by atoms with E-state index >= 15 is 0 Å². The van der Waals surface area contributed by atoms with E-state index in [1.807, 2.05) is 0 Å². The Kier molecular flexibility index (Phi) is 3.85. The highest BCUT2D eigenvalue weighted by Crippen LogP contribution is 2.21. The Morgan fingerprint density at radius 2 is 1.73 bits per heavy atom. The average molecular weight is 210 g/mol. The lowest BCUT2D eigenvalue weighted by Gasteiger charge is -2.06. The molecule has 0 bridgehead atoms. The molecule has 0 saturated carbocycles. The third kappa shape index (κ3) is 2.56. The molecular weight excluding hydrogens is 199 g/mol. The molecule has 80 valence electrons. The monoisotopic (exact) mass is 210 g/mol. The maximum atomic E-state index is 13.3. The normalized spacial score (nSPS) is 11.7. The molecule has 15 heavy (non-hydrogen) atoms. The lowest BCUT2D eigenvalue weighted by Crippen LogP contribution is -2.06. The zero-order valence-electron chi connectivity index (χ0n) is 8.49. The standard InChI is InChI=1S/C11H11FO3/c1-14-10(12)9(11(13)15-2)8-6-4-3-5-7-8/h3-7H,1-2H3/b10-9-. The van der Waals surface area contributed by atoms with Crippen LogP contribution in [0.2, 0.25) is 0 Å². The van der Waals surface area contributed by atoms with Crippen molar-refractivity contribution >= 4 is 11.5 Å². The second kappa shape index (κ2) is 5.14. The smallest absolute Gasteiger partial charge is 0.344 e. The van der Waals surface area contributed by atoms with Gasteiger partial charge in [-0.25, -0.2) is 4.79 Å². The molecule has 0 amide bonds. The van der Waals surface area contributed by atoms with Gasteiger partial charge in [0.1, 0.15) is 5.57 Å². The van der Waals surface area contributed by atoms with Crippen LogP contribution in [0.1, 0.15) is 5.56 Å². The summed E-state index contributed by atoms with van der Waals surface area (Å²) in [6.07, 6.45) is 0. The molecule has 0 unspecified atom stereocenters. The summed E-state index contributed by atoms with van der Waals surface area (Å²) < 4.78 is 22.2. The van der Waals surface area contributed by atoms with Crippen LogP contribution in [0.5, 0.6) is 0 Å². The molecule has 1 aromatic rings. The first-order chi connectivity index (χ1) is 7.20.